The summed E-state index contributed by atoms with van der Waals surface area (Å²) in [4.78, 5) is 13.8. The molecule has 1 heterocycles. The number of aromatic nitrogens is 1. The summed E-state index contributed by atoms with van der Waals surface area (Å²) in [5.74, 6) is -0.949. The zero-order valence-corrected chi connectivity index (χ0v) is 5.84. The molecule has 0 saturated carbocycles. The molecule has 0 fully saturated rings. The molecule has 0 atom stereocenters. The van der Waals surface area contributed by atoms with Gasteiger partial charge in [0.1, 0.15) is 5.01 Å². The molecule has 0 amide bonds. The largest absolute Gasteiger partial charge is 0.478 e. The molecule has 10 heavy (non-hydrogen) atoms. The fourth-order valence-electron chi connectivity index (χ4n) is 0.459. The Balaban J connectivity index is 2.64. The predicted molar refractivity (Wildman–Crippen MR) is 38.8 cm³/mol. The lowest BCUT2D eigenvalue weighted by Gasteiger charge is -1.77. The van der Waals surface area contributed by atoms with E-state index in [0.29, 0.717) is 5.01 Å². The minimum absolute atomic E-state index is 0.711. The van der Waals surface area contributed by atoms with Crippen LogP contribution in [-0.2, 0) is 4.79 Å². The first-order valence-electron chi connectivity index (χ1n) is 2.59. The summed E-state index contributed by atoms with van der Waals surface area (Å²) in [7, 11) is 0. The number of thiazole rings is 1. The molecule has 0 aliphatic rings. The van der Waals surface area contributed by atoms with Crippen molar-refractivity contribution in [2.45, 2.75) is 0 Å². The van der Waals surface area contributed by atoms with E-state index in [-0.39, 0.29) is 0 Å². The average molecular weight is 155 g/mol. The number of rotatable bonds is 2. The predicted octanol–water partition coefficient (Wildman–Crippen LogP) is 1.24. The quantitative estimate of drug-likeness (QED) is 0.654. The summed E-state index contributed by atoms with van der Waals surface area (Å²) in [5, 5.41) is 10.7. The maximum Gasteiger partial charge on any atom is 0.328 e. The van der Waals surface area contributed by atoms with Crippen molar-refractivity contribution in [1.82, 2.24) is 4.98 Å². The SMILES string of the molecule is O=C(O)C=Cc1nccs1. The van der Waals surface area contributed by atoms with Crippen molar-refractivity contribution in [3.05, 3.63) is 22.7 Å². The lowest BCUT2D eigenvalue weighted by molar-refractivity contribution is -0.131. The number of carboxylic acids is 1. The number of carboxylic acid groups (broad SMARTS) is 1. The molecular weight excluding hydrogens is 150 g/mol. The van der Waals surface area contributed by atoms with E-state index in [0.717, 1.165) is 6.08 Å². The van der Waals surface area contributed by atoms with Gasteiger partial charge in [-0.1, -0.05) is 0 Å². The van der Waals surface area contributed by atoms with Crippen molar-refractivity contribution in [3.8, 4) is 0 Å². The van der Waals surface area contributed by atoms with E-state index < -0.39 is 5.97 Å². The minimum atomic E-state index is -0.949. The Kier molecular flexibility index (Phi) is 2.17. The van der Waals surface area contributed by atoms with Crippen LogP contribution in [0.5, 0.6) is 0 Å². The molecule has 0 bridgehead atoms. The Bertz CT molecular complexity index is 240. The molecule has 1 aromatic heterocycles. The van der Waals surface area contributed by atoms with Gasteiger partial charge in [0.2, 0.25) is 0 Å². The van der Waals surface area contributed by atoms with Crippen LogP contribution in [0.15, 0.2) is 17.7 Å². The summed E-state index contributed by atoms with van der Waals surface area (Å²) < 4.78 is 0. The van der Waals surface area contributed by atoms with Crippen LogP contribution in [-0.4, -0.2) is 16.1 Å². The molecule has 0 radical (unpaired) electrons. The molecule has 0 spiro atoms. The van der Waals surface area contributed by atoms with Gasteiger partial charge in [-0.15, -0.1) is 11.3 Å². The van der Waals surface area contributed by atoms with Crippen LogP contribution in [0.2, 0.25) is 0 Å². The molecule has 3 nitrogen and oxygen atoms in total. The van der Waals surface area contributed by atoms with E-state index in [1.54, 1.807) is 11.6 Å². The second kappa shape index (κ2) is 3.12. The Morgan fingerprint density at radius 1 is 1.80 bits per heavy atom. The second-order valence-electron chi connectivity index (χ2n) is 1.54. The number of hydrogen-bond donors (Lipinski definition) is 1. The smallest absolute Gasteiger partial charge is 0.328 e. The highest BCUT2D eigenvalue weighted by molar-refractivity contribution is 7.10. The molecular formula is C6H5NO2S. The van der Waals surface area contributed by atoms with Gasteiger partial charge in [0.15, 0.2) is 0 Å². The van der Waals surface area contributed by atoms with Crippen molar-refractivity contribution in [1.29, 1.82) is 0 Å². The van der Waals surface area contributed by atoms with Gasteiger partial charge in [-0.25, -0.2) is 9.78 Å². The van der Waals surface area contributed by atoms with Crippen LogP contribution >= 0.6 is 11.3 Å². The van der Waals surface area contributed by atoms with E-state index in [2.05, 4.69) is 4.98 Å². The van der Waals surface area contributed by atoms with Gasteiger partial charge in [0.25, 0.3) is 0 Å². The van der Waals surface area contributed by atoms with Gasteiger partial charge >= 0.3 is 5.97 Å². The van der Waals surface area contributed by atoms with E-state index in [9.17, 15) is 4.79 Å². The van der Waals surface area contributed by atoms with E-state index in [1.807, 2.05) is 0 Å². The summed E-state index contributed by atoms with van der Waals surface area (Å²) in [6.45, 7) is 0. The van der Waals surface area contributed by atoms with Crippen LogP contribution in [0.25, 0.3) is 6.08 Å². The normalized spacial score (nSPS) is 10.4. The highest BCUT2D eigenvalue weighted by Gasteiger charge is 1.88. The van der Waals surface area contributed by atoms with Crippen LogP contribution in [0, 0.1) is 0 Å². The van der Waals surface area contributed by atoms with E-state index >= 15 is 0 Å². The first-order chi connectivity index (χ1) is 4.79. The van der Waals surface area contributed by atoms with Crippen molar-refractivity contribution >= 4 is 23.4 Å². The van der Waals surface area contributed by atoms with Crippen LogP contribution in [0.3, 0.4) is 0 Å². The van der Waals surface area contributed by atoms with Gasteiger partial charge in [-0.2, -0.15) is 0 Å². The maximum absolute atomic E-state index is 9.98. The standard InChI is InChI=1S/C6H5NO2S/c8-6(9)2-1-5-7-3-4-10-5/h1-4H,(H,8,9). The highest BCUT2D eigenvalue weighted by Crippen LogP contribution is 2.04. The molecule has 52 valence electrons. The number of carbonyl (C=O) groups is 1. The first-order valence-corrected chi connectivity index (χ1v) is 3.47. The Morgan fingerprint density at radius 3 is 3.10 bits per heavy atom. The molecule has 4 heteroatoms. The van der Waals surface area contributed by atoms with Gasteiger partial charge < -0.3 is 5.11 Å². The van der Waals surface area contributed by atoms with Gasteiger partial charge in [0.05, 0.1) is 0 Å². The zero-order chi connectivity index (χ0) is 7.40. The molecule has 0 aliphatic carbocycles. The van der Waals surface area contributed by atoms with Crippen molar-refractivity contribution < 1.29 is 9.90 Å². The Hall–Kier alpha value is -1.16. The second-order valence-corrected chi connectivity index (χ2v) is 2.47. The fraction of sp³-hybridized carbons (Fsp3) is 0. The third-order valence-corrected chi connectivity index (χ3v) is 1.56. The van der Waals surface area contributed by atoms with Gasteiger partial charge in [-0.05, 0) is 6.08 Å². The Morgan fingerprint density at radius 2 is 2.60 bits per heavy atom. The van der Waals surface area contributed by atoms with Crippen molar-refractivity contribution in [2.75, 3.05) is 0 Å². The molecule has 1 rings (SSSR count). The highest BCUT2D eigenvalue weighted by atomic mass is 32.1. The third kappa shape index (κ3) is 1.99. The topological polar surface area (TPSA) is 50.2 Å². The lowest BCUT2D eigenvalue weighted by Crippen LogP contribution is -1.84. The van der Waals surface area contributed by atoms with Crippen molar-refractivity contribution in [3.63, 3.8) is 0 Å². The third-order valence-electron chi connectivity index (χ3n) is 0.820. The van der Waals surface area contributed by atoms with Gasteiger partial charge in [0, 0.05) is 17.7 Å². The summed E-state index contributed by atoms with van der Waals surface area (Å²) in [6, 6.07) is 0. The molecule has 1 N–H and O–H groups in total. The van der Waals surface area contributed by atoms with E-state index in [1.165, 1.54) is 17.4 Å². The zero-order valence-electron chi connectivity index (χ0n) is 5.02. The first kappa shape index (κ1) is 6.95. The van der Waals surface area contributed by atoms with Crippen LogP contribution in [0.1, 0.15) is 5.01 Å². The molecule has 0 saturated heterocycles. The number of nitrogens with zero attached hydrogens (tertiary/aromatic N) is 1. The van der Waals surface area contributed by atoms with Crippen LogP contribution in [0.4, 0.5) is 0 Å². The Labute approximate surface area is 61.7 Å². The average Bonchev–Trinajstić information content (AvgIpc) is 2.34. The summed E-state index contributed by atoms with van der Waals surface area (Å²) in [5.41, 5.74) is 0. The fourth-order valence-corrected chi connectivity index (χ4v) is 0.989. The number of hydrogen-bond acceptors (Lipinski definition) is 3. The maximum atomic E-state index is 9.98. The molecule has 0 unspecified atom stereocenters. The van der Waals surface area contributed by atoms with Crippen molar-refractivity contribution in [2.24, 2.45) is 0 Å². The summed E-state index contributed by atoms with van der Waals surface area (Å²) in [6.07, 6.45) is 4.16. The van der Waals surface area contributed by atoms with Gasteiger partial charge in [-0.3, -0.25) is 0 Å². The lowest BCUT2D eigenvalue weighted by atomic mass is 10.5. The molecule has 1 aromatic rings. The summed E-state index contributed by atoms with van der Waals surface area (Å²) >= 11 is 1.40. The monoisotopic (exact) mass is 155 g/mol. The number of aliphatic carboxylic acids is 1. The van der Waals surface area contributed by atoms with E-state index in [4.69, 9.17) is 5.11 Å². The minimum Gasteiger partial charge on any atom is -0.478 e. The molecule has 0 aliphatic heterocycles. The van der Waals surface area contributed by atoms with Crippen LogP contribution < -0.4 is 0 Å². The molecule has 0 aromatic carbocycles.